The first-order valence-electron chi connectivity index (χ1n) is 21.3. The molecule has 0 aromatic heterocycles. The van der Waals surface area contributed by atoms with Gasteiger partial charge in [-0.2, -0.15) is 0 Å². The van der Waals surface area contributed by atoms with Crippen molar-refractivity contribution in [2.24, 2.45) is 0 Å². The molecule has 0 aliphatic heterocycles. The van der Waals surface area contributed by atoms with Crippen LogP contribution in [0.4, 0.5) is 0 Å². The van der Waals surface area contributed by atoms with Crippen molar-refractivity contribution in [1.82, 2.24) is 0 Å². The van der Waals surface area contributed by atoms with Gasteiger partial charge in [-0.15, -0.1) is 0 Å². The van der Waals surface area contributed by atoms with E-state index < -0.39 is 26.5 Å². The van der Waals surface area contributed by atoms with E-state index in [1.807, 2.05) is 0 Å². The second-order valence-corrected chi connectivity index (χ2v) is 15.7. The van der Waals surface area contributed by atoms with Gasteiger partial charge in [0.05, 0.1) is 6.61 Å². The van der Waals surface area contributed by atoms with Crippen molar-refractivity contribution in [2.45, 2.75) is 200 Å². The fraction of sp³-hybridized carbons (Fsp3) is 0.773. The van der Waals surface area contributed by atoms with E-state index in [1.165, 1.54) is 83.5 Å². The number of phosphoric acid groups is 1. The summed E-state index contributed by atoms with van der Waals surface area (Å²) < 4.78 is 32.0. The summed E-state index contributed by atoms with van der Waals surface area (Å²) in [6, 6.07) is 0. The number of carbonyl (C=O) groups is 2. The molecule has 53 heavy (non-hydrogen) atoms. The third-order valence-electron chi connectivity index (χ3n) is 9.05. The van der Waals surface area contributed by atoms with Crippen molar-refractivity contribution >= 4 is 19.8 Å². The summed E-state index contributed by atoms with van der Waals surface area (Å²) in [5, 5.41) is 0. The summed E-state index contributed by atoms with van der Waals surface area (Å²) in [5.74, 6) is -0.824. The Morgan fingerprint density at radius 3 is 1.32 bits per heavy atom. The second kappa shape index (κ2) is 39.7. The van der Waals surface area contributed by atoms with Gasteiger partial charge in [-0.25, -0.2) is 4.57 Å². The average molecular weight is 767 g/mol. The van der Waals surface area contributed by atoms with E-state index in [0.29, 0.717) is 6.42 Å². The van der Waals surface area contributed by atoms with E-state index >= 15 is 0 Å². The number of phosphoric ester groups is 1. The Morgan fingerprint density at radius 2 is 0.906 bits per heavy atom. The van der Waals surface area contributed by atoms with Crippen molar-refractivity contribution in [2.75, 3.05) is 20.3 Å². The molecule has 308 valence electrons. The Labute approximate surface area is 325 Å². The summed E-state index contributed by atoms with van der Waals surface area (Å²) in [6.07, 6.45) is 47.3. The SMILES string of the molecule is CCCCC/C=C\C/C=C\CCCCCCCCCCCC(=O)OC(COC(=O)CCCCCCC/C=C\C/C=C\CCCCC)COP(=O)(O)OC. The van der Waals surface area contributed by atoms with Gasteiger partial charge in [0.2, 0.25) is 0 Å². The van der Waals surface area contributed by atoms with Gasteiger partial charge in [0, 0.05) is 20.0 Å². The molecule has 0 aromatic rings. The quantitative estimate of drug-likeness (QED) is 0.0285. The molecule has 0 aliphatic rings. The lowest BCUT2D eigenvalue weighted by molar-refractivity contribution is -0.161. The van der Waals surface area contributed by atoms with Gasteiger partial charge >= 0.3 is 19.8 Å². The van der Waals surface area contributed by atoms with Crippen LogP contribution in [0.3, 0.4) is 0 Å². The van der Waals surface area contributed by atoms with E-state index in [4.69, 9.17) is 14.0 Å². The number of allylic oxidation sites excluding steroid dienone is 8. The summed E-state index contributed by atoms with van der Waals surface area (Å²) >= 11 is 0. The van der Waals surface area contributed by atoms with E-state index in [0.717, 1.165) is 84.2 Å². The van der Waals surface area contributed by atoms with Crippen molar-refractivity contribution in [3.8, 4) is 0 Å². The van der Waals surface area contributed by atoms with Crippen molar-refractivity contribution in [1.29, 1.82) is 0 Å². The van der Waals surface area contributed by atoms with Gasteiger partial charge in [0.1, 0.15) is 6.61 Å². The monoisotopic (exact) mass is 767 g/mol. The molecule has 0 fully saturated rings. The molecule has 0 spiro atoms. The highest BCUT2D eigenvalue weighted by Crippen LogP contribution is 2.42. The van der Waals surface area contributed by atoms with Gasteiger partial charge in [-0.05, 0) is 77.0 Å². The molecule has 8 nitrogen and oxygen atoms in total. The minimum absolute atomic E-state index is 0.235. The Hall–Kier alpha value is -1.99. The Balaban J connectivity index is 4.02. The van der Waals surface area contributed by atoms with E-state index in [2.05, 4.69) is 67.0 Å². The van der Waals surface area contributed by atoms with Crippen LogP contribution in [0.1, 0.15) is 194 Å². The largest absolute Gasteiger partial charge is 0.472 e. The van der Waals surface area contributed by atoms with Gasteiger partial charge in [0.15, 0.2) is 6.10 Å². The molecule has 9 heteroatoms. The first kappa shape index (κ1) is 51.0. The lowest BCUT2D eigenvalue weighted by atomic mass is 10.1. The standard InChI is InChI=1S/C44H79O8P/c1-4-6-8-10-12-14-16-18-20-21-22-23-25-27-29-31-33-35-37-39-44(46)52-42(41-51-53(47,48)49-3)40-50-43(45)38-36-34-32-30-28-26-24-19-17-15-13-11-9-7-5-2/h12-15,18-20,24,42H,4-11,16-17,21-23,25-41H2,1-3H3,(H,47,48)/b14-12-,15-13-,20-18-,24-19-. The summed E-state index contributed by atoms with van der Waals surface area (Å²) in [5.41, 5.74) is 0. The number of carbonyl (C=O) groups excluding carboxylic acids is 2. The van der Waals surface area contributed by atoms with Crippen molar-refractivity contribution in [3.63, 3.8) is 0 Å². The van der Waals surface area contributed by atoms with E-state index in [9.17, 15) is 19.0 Å². The number of esters is 2. The number of hydrogen-bond acceptors (Lipinski definition) is 7. The third-order valence-corrected chi connectivity index (χ3v) is 9.98. The first-order valence-corrected chi connectivity index (χ1v) is 22.8. The minimum Gasteiger partial charge on any atom is -0.462 e. The normalized spacial score (nSPS) is 13.8. The zero-order chi connectivity index (χ0) is 38.9. The maximum absolute atomic E-state index is 12.5. The maximum atomic E-state index is 12.5. The zero-order valence-electron chi connectivity index (χ0n) is 34.2. The fourth-order valence-corrected chi connectivity index (χ4v) is 6.18. The molecule has 0 heterocycles. The van der Waals surface area contributed by atoms with Gasteiger partial charge in [-0.3, -0.25) is 18.6 Å². The highest BCUT2D eigenvalue weighted by Gasteiger charge is 2.24. The molecular formula is C44H79O8P. The van der Waals surface area contributed by atoms with Crippen LogP contribution in [-0.4, -0.2) is 43.3 Å². The summed E-state index contributed by atoms with van der Waals surface area (Å²) in [7, 11) is -3.21. The number of ether oxygens (including phenoxy) is 2. The molecule has 0 amide bonds. The topological polar surface area (TPSA) is 108 Å². The van der Waals surface area contributed by atoms with Crippen molar-refractivity contribution < 1.29 is 37.6 Å². The van der Waals surface area contributed by atoms with Crippen LogP contribution in [0.2, 0.25) is 0 Å². The Kier molecular flexibility index (Phi) is 38.2. The van der Waals surface area contributed by atoms with Crippen LogP contribution in [0, 0.1) is 0 Å². The van der Waals surface area contributed by atoms with Crippen LogP contribution in [0.15, 0.2) is 48.6 Å². The first-order chi connectivity index (χ1) is 25.8. The number of unbranched alkanes of at least 4 members (excludes halogenated alkanes) is 20. The summed E-state index contributed by atoms with van der Waals surface area (Å²) in [6.45, 7) is 3.82. The maximum Gasteiger partial charge on any atom is 0.472 e. The predicted octanol–water partition coefficient (Wildman–Crippen LogP) is 13.4. The van der Waals surface area contributed by atoms with Crippen LogP contribution >= 0.6 is 7.82 Å². The third kappa shape index (κ3) is 39.5. The number of hydrogen-bond donors (Lipinski definition) is 1. The van der Waals surface area contributed by atoms with Gasteiger partial charge in [0.25, 0.3) is 0 Å². The molecule has 0 saturated heterocycles. The molecule has 2 atom stereocenters. The smallest absolute Gasteiger partial charge is 0.462 e. The lowest BCUT2D eigenvalue weighted by Crippen LogP contribution is -2.29. The van der Waals surface area contributed by atoms with Gasteiger partial charge in [-0.1, -0.05) is 152 Å². The van der Waals surface area contributed by atoms with E-state index in [-0.39, 0.29) is 25.4 Å². The molecule has 2 unspecified atom stereocenters. The van der Waals surface area contributed by atoms with Crippen molar-refractivity contribution in [3.05, 3.63) is 48.6 Å². The highest BCUT2D eigenvalue weighted by atomic mass is 31.2. The minimum atomic E-state index is -4.27. The molecule has 0 aliphatic carbocycles. The average Bonchev–Trinajstić information content (AvgIpc) is 3.15. The van der Waals surface area contributed by atoms with E-state index in [1.54, 1.807) is 0 Å². The number of rotatable bonds is 39. The van der Waals surface area contributed by atoms with Crippen LogP contribution in [0.5, 0.6) is 0 Å². The summed E-state index contributed by atoms with van der Waals surface area (Å²) in [4.78, 5) is 34.5. The molecule has 0 radical (unpaired) electrons. The molecular weight excluding hydrogens is 687 g/mol. The molecule has 0 rings (SSSR count). The Bertz CT molecular complexity index is 1010. The molecule has 0 bridgehead atoms. The lowest BCUT2D eigenvalue weighted by Gasteiger charge is -2.19. The zero-order valence-corrected chi connectivity index (χ0v) is 35.1. The fourth-order valence-electron chi connectivity index (χ4n) is 5.72. The highest BCUT2D eigenvalue weighted by molar-refractivity contribution is 7.47. The Morgan fingerprint density at radius 1 is 0.528 bits per heavy atom. The van der Waals surface area contributed by atoms with Crippen LogP contribution in [0.25, 0.3) is 0 Å². The predicted molar refractivity (Wildman–Crippen MR) is 221 cm³/mol. The van der Waals surface area contributed by atoms with Crippen LogP contribution < -0.4 is 0 Å². The second-order valence-electron chi connectivity index (χ2n) is 14.1. The molecule has 0 aromatic carbocycles. The van der Waals surface area contributed by atoms with Gasteiger partial charge < -0.3 is 14.4 Å². The van der Waals surface area contributed by atoms with Crippen LogP contribution in [-0.2, 0) is 32.7 Å². The molecule has 0 saturated carbocycles. The molecule has 1 N–H and O–H groups in total.